The van der Waals surface area contributed by atoms with Gasteiger partial charge in [0.1, 0.15) is 0 Å². The van der Waals surface area contributed by atoms with Crippen molar-refractivity contribution in [1.82, 2.24) is 4.90 Å². The molecule has 5 heteroatoms. The Morgan fingerprint density at radius 1 is 0.857 bits per heavy atom. The number of carboxylic acids is 1. The van der Waals surface area contributed by atoms with E-state index in [1.165, 1.54) is 49.8 Å². The zero-order valence-corrected chi connectivity index (χ0v) is 17.3. The summed E-state index contributed by atoms with van der Waals surface area (Å²) in [5, 5.41) is 8.56. The van der Waals surface area contributed by atoms with Gasteiger partial charge in [-0.3, -0.25) is 9.59 Å². The molecule has 1 amide bonds. The van der Waals surface area contributed by atoms with Gasteiger partial charge in [-0.2, -0.15) is 0 Å². The third kappa shape index (κ3) is 16.8. The second kappa shape index (κ2) is 16.9. The van der Waals surface area contributed by atoms with Gasteiger partial charge >= 0.3 is 5.97 Å². The van der Waals surface area contributed by atoms with Crippen molar-refractivity contribution >= 4 is 63.3 Å². The summed E-state index contributed by atoms with van der Waals surface area (Å²) < 4.78 is 0. The van der Waals surface area contributed by atoms with Gasteiger partial charge in [-0.1, -0.05) is 58.3 Å². The Morgan fingerprint density at radius 3 is 1.81 bits per heavy atom. The van der Waals surface area contributed by atoms with Crippen LogP contribution in [0.25, 0.3) is 0 Å². The van der Waals surface area contributed by atoms with Crippen molar-refractivity contribution in [3.63, 3.8) is 0 Å². The zero-order valence-electron chi connectivity index (χ0n) is 14.2. The predicted octanol–water partition coefficient (Wildman–Crippen LogP) is 3.46. The fourth-order valence-electron chi connectivity index (χ4n) is 2.17. The summed E-state index contributed by atoms with van der Waals surface area (Å²) in [4.78, 5) is 23.6. The van der Waals surface area contributed by atoms with E-state index in [0.29, 0.717) is 13.0 Å². The van der Waals surface area contributed by atoms with Crippen molar-refractivity contribution in [3.8, 4) is 0 Å². The molecule has 0 aliphatic carbocycles. The van der Waals surface area contributed by atoms with Crippen LogP contribution in [0.3, 0.4) is 0 Å². The number of rotatable bonds is 13. The molecule has 119 valence electrons. The van der Waals surface area contributed by atoms with E-state index >= 15 is 0 Å². The molecule has 1 N–H and O–H groups in total. The fourth-order valence-corrected chi connectivity index (χ4v) is 2.17. The number of amides is 1. The Bertz CT molecular complexity index is 272. The summed E-state index contributed by atoms with van der Waals surface area (Å²) >= 11 is 0. The smallest absolute Gasteiger partial charge is 0.305 e. The first-order chi connectivity index (χ1) is 9.57. The molecule has 0 atom stereocenters. The van der Waals surface area contributed by atoms with Gasteiger partial charge in [-0.25, -0.2) is 0 Å². The zero-order chi connectivity index (χ0) is 15.2. The Hall–Kier alpha value is 0.576. The monoisotopic (exact) mass is 324 g/mol. The van der Waals surface area contributed by atoms with Crippen LogP contribution in [-0.4, -0.2) is 86.9 Å². The normalized spacial score (nSPS) is 10.0. The molecule has 0 aromatic heterocycles. The first-order valence-electron chi connectivity index (χ1n) is 8.03. The van der Waals surface area contributed by atoms with E-state index < -0.39 is 5.97 Å². The maximum absolute atomic E-state index is 11.7. The van der Waals surface area contributed by atoms with E-state index in [9.17, 15) is 9.59 Å². The minimum atomic E-state index is -0.854. The van der Waals surface area contributed by atoms with Crippen molar-refractivity contribution in [2.45, 2.75) is 77.6 Å². The van der Waals surface area contributed by atoms with Gasteiger partial charge in [0.05, 0.1) is 6.42 Å². The molecule has 0 aromatic carbocycles. The standard InChI is InChI=1S/C16H31NO3.K/c1-3-4-5-6-7-8-9-10-11-12-15(18)17(2)14-13-16(19)20;/h3-14H2,1-2H3,(H,19,20);. The van der Waals surface area contributed by atoms with Gasteiger partial charge in [-0.15, -0.1) is 0 Å². The van der Waals surface area contributed by atoms with E-state index in [4.69, 9.17) is 5.11 Å². The third-order valence-electron chi connectivity index (χ3n) is 3.58. The number of aliphatic carboxylic acids is 1. The molecular weight excluding hydrogens is 293 g/mol. The molecule has 4 nitrogen and oxygen atoms in total. The van der Waals surface area contributed by atoms with Crippen LogP contribution < -0.4 is 0 Å². The number of carboxylic acid groups (broad SMARTS) is 1. The van der Waals surface area contributed by atoms with Gasteiger partial charge in [0.25, 0.3) is 0 Å². The van der Waals surface area contributed by atoms with Crippen LogP contribution >= 0.6 is 0 Å². The average molecular weight is 325 g/mol. The van der Waals surface area contributed by atoms with Gasteiger partial charge < -0.3 is 10.0 Å². The Morgan fingerprint density at radius 2 is 1.33 bits per heavy atom. The van der Waals surface area contributed by atoms with Crippen LogP contribution in [-0.2, 0) is 9.59 Å². The SMILES string of the molecule is CCCCCCCCCCCC(=O)N(C)CCC(=O)O.[K]. The van der Waals surface area contributed by atoms with Crippen LogP contribution in [0.15, 0.2) is 0 Å². The molecule has 0 fully saturated rings. The van der Waals surface area contributed by atoms with E-state index in [0.717, 1.165) is 12.8 Å². The van der Waals surface area contributed by atoms with E-state index in [-0.39, 0.29) is 63.7 Å². The molecule has 1 radical (unpaired) electrons. The molecule has 0 saturated carbocycles. The number of carbonyl (C=O) groups excluding carboxylic acids is 1. The van der Waals surface area contributed by atoms with E-state index in [1.54, 1.807) is 7.05 Å². The Balaban J connectivity index is 0. The number of unbranched alkanes of at least 4 members (excludes halogenated alkanes) is 8. The largest absolute Gasteiger partial charge is 0.481 e. The molecule has 0 aliphatic rings. The summed E-state index contributed by atoms with van der Waals surface area (Å²) in [6.07, 6.45) is 11.7. The Kier molecular flexibility index (Phi) is 19.2. The quantitative estimate of drug-likeness (QED) is 0.417. The second-order valence-electron chi connectivity index (χ2n) is 5.54. The van der Waals surface area contributed by atoms with Gasteiger partial charge in [0.2, 0.25) is 5.91 Å². The second-order valence-corrected chi connectivity index (χ2v) is 5.54. The average Bonchev–Trinajstić information content (AvgIpc) is 2.42. The number of carbonyl (C=O) groups is 2. The molecule has 21 heavy (non-hydrogen) atoms. The molecule has 0 heterocycles. The molecule has 0 rings (SSSR count). The van der Waals surface area contributed by atoms with Crippen molar-refractivity contribution < 1.29 is 14.7 Å². The maximum atomic E-state index is 11.7. The summed E-state index contributed by atoms with van der Waals surface area (Å²) in [5.74, 6) is -0.790. The fraction of sp³-hybridized carbons (Fsp3) is 0.875. The number of hydrogen-bond donors (Lipinski definition) is 1. The summed E-state index contributed by atoms with van der Waals surface area (Å²) in [6.45, 7) is 2.54. The van der Waals surface area contributed by atoms with Gasteiger partial charge in [0, 0.05) is 71.4 Å². The van der Waals surface area contributed by atoms with E-state index in [2.05, 4.69) is 6.92 Å². The molecule has 0 aliphatic heterocycles. The van der Waals surface area contributed by atoms with Gasteiger partial charge in [0.15, 0.2) is 0 Å². The molecule has 0 spiro atoms. The summed E-state index contributed by atoms with van der Waals surface area (Å²) in [5.41, 5.74) is 0. The topological polar surface area (TPSA) is 57.6 Å². The predicted molar refractivity (Wildman–Crippen MR) is 87.5 cm³/mol. The first-order valence-corrected chi connectivity index (χ1v) is 8.03. The van der Waals surface area contributed by atoms with Crippen molar-refractivity contribution in [2.24, 2.45) is 0 Å². The maximum Gasteiger partial charge on any atom is 0.305 e. The Labute approximate surface area is 172 Å². The van der Waals surface area contributed by atoms with Gasteiger partial charge in [-0.05, 0) is 6.42 Å². The first kappa shape index (κ1) is 23.8. The van der Waals surface area contributed by atoms with Crippen LogP contribution in [0.5, 0.6) is 0 Å². The number of nitrogens with zero attached hydrogens (tertiary/aromatic N) is 1. The number of hydrogen-bond acceptors (Lipinski definition) is 2. The summed E-state index contributed by atoms with van der Waals surface area (Å²) in [6, 6.07) is 0. The molecule has 0 saturated heterocycles. The van der Waals surface area contributed by atoms with Crippen molar-refractivity contribution in [3.05, 3.63) is 0 Å². The van der Waals surface area contributed by atoms with E-state index in [1.807, 2.05) is 0 Å². The van der Waals surface area contributed by atoms with Crippen molar-refractivity contribution in [2.75, 3.05) is 13.6 Å². The minimum absolute atomic E-state index is 0. The summed E-state index contributed by atoms with van der Waals surface area (Å²) in [7, 11) is 1.68. The molecule has 0 aromatic rings. The molecule has 0 unspecified atom stereocenters. The van der Waals surface area contributed by atoms with Crippen LogP contribution in [0.4, 0.5) is 0 Å². The van der Waals surface area contributed by atoms with Crippen LogP contribution in [0.2, 0.25) is 0 Å². The van der Waals surface area contributed by atoms with Crippen LogP contribution in [0.1, 0.15) is 77.6 Å². The van der Waals surface area contributed by atoms with Crippen LogP contribution in [0, 0.1) is 0 Å². The third-order valence-corrected chi connectivity index (χ3v) is 3.58. The minimum Gasteiger partial charge on any atom is -0.481 e. The molecular formula is C16H31KNO3. The molecule has 0 bridgehead atoms. The van der Waals surface area contributed by atoms with Crippen molar-refractivity contribution in [1.29, 1.82) is 0 Å².